The highest BCUT2D eigenvalue weighted by Crippen LogP contribution is 2.12. The highest BCUT2D eigenvalue weighted by molar-refractivity contribution is 6.65. The van der Waals surface area contributed by atoms with Crippen LogP contribution in [0.3, 0.4) is 0 Å². The van der Waals surface area contributed by atoms with E-state index in [1.54, 1.807) is 30.3 Å². The van der Waals surface area contributed by atoms with Crippen molar-refractivity contribution in [1.82, 2.24) is 25.7 Å². The number of H-pyrrole nitrogens is 2. The molecule has 2 aromatic heterocycles. The predicted octanol–water partition coefficient (Wildman–Crippen LogP) is 0.494. The number of ketones is 1. The summed E-state index contributed by atoms with van der Waals surface area (Å²) in [4.78, 5) is 58.7. The molecule has 0 saturated heterocycles. The molecule has 1 aromatic carbocycles. The first-order valence-electron chi connectivity index (χ1n) is 10.1. The summed E-state index contributed by atoms with van der Waals surface area (Å²) in [5.41, 5.74) is 0.168. The van der Waals surface area contributed by atoms with Gasteiger partial charge in [-0.05, 0) is 10.5 Å². The molecule has 1 aliphatic rings. The minimum Gasteiger partial charge on any atom is -0.455 e. The number of amidine groups is 1. The Morgan fingerprint density at radius 1 is 1.00 bits per heavy atom. The number of Topliss-reactive ketones (excluding diaryl/α,β-unsaturated/α-hetero) is 1. The molecule has 36 heavy (non-hydrogen) atoms. The number of ether oxygens (including phenoxy) is 1. The van der Waals surface area contributed by atoms with Crippen molar-refractivity contribution in [2.45, 2.75) is 13.0 Å². The van der Waals surface area contributed by atoms with Crippen LogP contribution in [0.4, 0.5) is 11.6 Å². The Labute approximate surface area is 200 Å². The number of aromatic amines is 2. The second-order valence-corrected chi connectivity index (χ2v) is 7.13. The molecule has 16 nitrogen and oxygen atoms in total. The lowest BCUT2D eigenvalue weighted by Gasteiger charge is -2.04. The molecular formula is C20H15N9O7. The third-order valence-corrected chi connectivity index (χ3v) is 4.60. The lowest BCUT2D eigenvalue weighted by atomic mass is 10.1. The number of nitrogens with zero attached hydrogens (tertiary/aromatic N) is 5. The SMILES string of the molecule is O=C(OCc1ccccc1)C(=O)C1=NN=C(NC(=O)c2cc(NC(=O)c3cc([N+](=O)[O-])[nH]n3)n[nH]2)C1. The number of rotatable bonds is 8. The molecule has 182 valence electrons. The largest absolute Gasteiger partial charge is 0.455 e. The fourth-order valence-electron chi connectivity index (χ4n) is 2.85. The van der Waals surface area contributed by atoms with Crippen molar-refractivity contribution in [3.63, 3.8) is 0 Å². The quantitative estimate of drug-likeness (QED) is 0.148. The Kier molecular flexibility index (Phi) is 6.66. The minimum absolute atomic E-state index is 0.00299. The van der Waals surface area contributed by atoms with E-state index in [1.165, 1.54) is 6.07 Å². The fourth-order valence-corrected chi connectivity index (χ4v) is 2.85. The van der Waals surface area contributed by atoms with Gasteiger partial charge in [-0.2, -0.15) is 5.10 Å². The molecule has 0 unspecified atom stereocenters. The Bertz CT molecular complexity index is 1420. The number of nitrogens with one attached hydrogen (secondary N) is 4. The van der Waals surface area contributed by atoms with E-state index >= 15 is 0 Å². The van der Waals surface area contributed by atoms with Crippen molar-refractivity contribution >= 4 is 46.7 Å². The van der Waals surface area contributed by atoms with Gasteiger partial charge >= 0.3 is 11.8 Å². The predicted molar refractivity (Wildman–Crippen MR) is 120 cm³/mol. The lowest BCUT2D eigenvalue weighted by molar-refractivity contribution is -0.389. The molecule has 0 aliphatic carbocycles. The number of anilines is 1. The van der Waals surface area contributed by atoms with E-state index in [0.29, 0.717) is 5.56 Å². The van der Waals surface area contributed by atoms with Gasteiger partial charge in [0.05, 0.1) is 12.5 Å². The number of amides is 2. The van der Waals surface area contributed by atoms with Crippen LogP contribution in [-0.2, 0) is 20.9 Å². The molecule has 2 amide bonds. The Hall–Kier alpha value is -5.54. The average Bonchev–Trinajstić information content (AvgIpc) is 3.63. The van der Waals surface area contributed by atoms with Gasteiger partial charge in [-0.3, -0.25) is 19.5 Å². The van der Waals surface area contributed by atoms with Gasteiger partial charge in [0, 0.05) is 6.07 Å². The molecule has 0 spiro atoms. The number of esters is 1. The van der Waals surface area contributed by atoms with Crippen LogP contribution in [0.1, 0.15) is 33.0 Å². The zero-order valence-electron chi connectivity index (χ0n) is 18.0. The van der Waals surface area contributed by atoms with E-state index in [-0.39, 0.29) is 41.8 Å². The summed E-state index contributed by atoms with van der Waals surface area (Å²) >= 11 is 0. The molecule has 3 aromatic rings. The van der Waals surface area contributed by atoms with Crippen LogP contribution in [0.25, 0.3) is 0 Å². The molecule has 4 N–H and O–H groups in total. The molecule has 0 atom stereocenters. The second-order valence-electron chi connectivity index (χ2n) is 7.13. The number of aromatic nitrogens is 4. The molecule has 4 rings (SSSR count). The molecule has 0 radical (unpaired) electrons. The first kappa shape index (κ1) is 23.6. The third kappa shape index (κ3) is 5.50. The normalized spacial score (nSPS) is 12.3. The second kappa shape index (κ2) is 10.2. The fraction of sp³-hybridized carbons (Fsp3) is 0.100. The Balaban J connectivity index is 1.26. The van der Waals surface area contributed by atoms with Crippen molar-refractivity contribution in [3.8, 4) is 0 Å². The molecule has 0 fully saturated rings. The summed E-state index contributed by atoms with van der Waals surface area (Å²) in [6.45, 7) is -0.0844. The van der Waals surface area contributed by atoms with Crippen LogP contribution in [-0.4, -0.2) is 60.4 Å². The summed E-state index contributed by atoms with van der Waals surface area (Å²) in [5, 5.41) is 34.5. The van der Waals surface area contributed by atoms with Crippen LogP contribution in [0.5, 0.6) is 0 Å². The smallest absolute Gasteiger partial charge is 0.381 e. The van der Waals surface area contributed by atoms with Crippen molar-refractivity contribution in [2.75, 3.05) is 5.32 Å². The zero-order valence-corrected chi connectivity index (χ0v) is 18.0. The zero-order chi connectivity index (χ0) is 25.7. The monoisotopic (exact) mass is 493 g/mol. The van der Waals surface area contributed by atoms with Crippen LogP contribution >= 0.6 is 0 Å². The first-order chi connectivity index (χ1) is 17.3. The average molecular weight is 493 g/mol. The van der Waals surface area contributed by atoms with Crippen LogP contribution in [0, 0.1) is 10.1 Å². The van der Waals surface area contributed by atoms with Crippen LogP contribution in [0.15, 0.2) is 52.7 Å². The molecular weight excluding hydrogens is 478 g/mol. The van der Waals surface area contributed by atoms with E-state index in [1.807, 2.05) is 0 Å². The van der Waals surface area contributed by atoms with Crippen molar-refractivity contribution in [2.24, 2.45) is 10.2 Å². The van der Waals surface area contributed by atoms with Gasteiger partial charge in [0.15, 0.2) is 11.5 Å². The van der Waals surface area contributed by atoms with E-state index in [4.69, 9.17) is 4.74 Å². The maximum absolute atomic E-state index is 12.4. The molecule has 16 heteroatoms. The first-order valence-corrected chi connectivity index (χ1v) is 10.1. The van der Waals surface area contributed by atoms with E-state index < -0.39 is 34.3 Å². The number of hydrogen-bond donors (Lipinski definition) is 4. The molecule has 0 bridgehead atoms. The van der Waals surface area contributed by atoms with Crippen molar-refractivity contribution in [1.29, 1.82) is 0 Å². The van der Waals surface area contributed by atoms with E-state index in [2.05, 4.69) is 41.2 Å². The number of benzene rings is 1. The summed E-state index contributed by atoms with van der Waals surface area (Å²) in [5.74, 6) is -4.12. The van der Waals surface area contributed by atoms with Crippen molar-refractivity contribution in [3.05, 3.63) is 69.5 Å². The van der Waals surface area contributed by atoms with Gasteiger partial charge in [0.2, 0.25) is 0 Å². The lowest BCUT2D eigenvalue weighted by Crippen LogP contribution is -2.33. The maximum Gasteiger partial charge on any atom is 0.381 e. The van der Waals surface area contributed by atoms with Gasteiger partial charge in [0.25, 0.3) is 17.6 Å². The van der Waals surface area contributed by atoms with Gasteiger partial charge in [-0.1, -0.05) is 35.4 Å². The molecule has 0 saturated carbocycles. The number of nitro groups is 1. The summed E-state index contributed by atoms with van der Waals surface area (Å²) in [6, 6.07) is 10.9. The Morgan fingerprint density at radius 3 is 2.50 bits per heavy atom. The van der Waals surface area contributed by atoms with Gasteiger partial charge in [0.1, 0.15) is 23.8 Å². The highest BCUT2D eigenvalue weighted by atomic mass is 16.6. The van der Waals surface area contributed by atoms with Crippen LogP contribution < -0.4 is 10.6 Å². The maximum atomic E-state index is 12.4. The summed E-state index contributed by atoms with van der Waals surface area (Å²) in [7, 11) is 0. The minimum atomic E-state index is -1.10. The van der Waals surface area contributed by atoms with E-state index in [0.717, 1.165) is 6.07 Å². The third-order valence-electron chi connectivity index (χ3n) is 4.60. The summed E-state index contributed by atoms with van der Waals surface area (Å²) in [6.07, 6.45) is -0.208. The Morgan fingerprint density at radius 2 is 1.78 bits per heavy atom. The molecule has 1 aliphatic heterocycles. The number of carbonyl (C=O) groups is 4. The summed E-state index contributed by atoms with van der Waals surface area (Å²) < 4.78 is 4.97. The standard InChI is InChI=1S/C20H15N9O7/c30-17(20(33)36-9-10-4-2-1-3-5-10)11-6-14(26-23-11)21-18(31)12-7-15(27-24-12)22-19(32)13-8-16(28-25-13)29(34)35/h1-5,7-8H,6,9H2,(H,25,28)(H,21,26,31)(H2,22,24,27,32). The number of carbonyl (C=O) groups excluding carboxylic acids is 4. The highest BCUT2D eigenvalue weighted by Gasteiger charge is 2.28. The van der Waals surface area contributed by atoms with Gasteiger partial charge < -0.3 is 25.5 Å². The number of hydrogen-bond acceptors (Lipinski definition) is 11. The van der Waals surface area contributed by atoms with Gasteiger partial charge in [-0.25, -0.2) is 4.79 Å². The van der Waals surface area contributed by atoms with E-state index in [9.17, 15) is 29.3 Å². The van der Waals surface area contributed by atoms with Gasteiger partial charge in [-0.15, -0.1) is 15.3 Å². The van der Waals surface area contributed by atoms with Crippen LogP contribution in [0.2, 0.25) is 0 Å². The van der Waals surface area contributed by atoms with Crippen molar-refractivity contribution < 1.29 is 28.8 Å². The topological polar surface area (TPSA) is 227 Å². The molecule has 3 heterocycles.